The number of piperidine rings is 1. The van der Waals surface area contributed by atoms with Crippen LogP contribution in [0.1, 0.15) is 46.7 Å². The smallest absolute Gasteiger partial charge is 0.354 e. The van der Waals surface area contributed by atoms with E-state index in [9.17, 15) is 13.2 Å². The zero-order valence-corrected chi connectivity index (χ0v) is 19.4. The second kappa shape index (κ2) is 8.82. The molecule has 1 aliphatic heterocycles. The quantitative estimate of drug-likeness (QED) is 0.322. The van der Waals surface area contributed by atoms with Gasteiger partial charge in [-0.15, -0.1) is 0 Å². The predicted octanol–water partition coefficient (Wildman–Crippen LogP) is 7.10. The van der Waals surface area contributed by atoms with E-state index in [2.05, 4.69) is 47.6 Å². The van der Waals surface area contributed by atoms with Crippen molar-refractivity contribution < 1.29 is 13.2 Å². The fourth-order valence-corrected chi connectivity index (χ4v) is 5.15. The van der Waals surface area contributed by atoms with Crippen molar-refractivity contribution in [2.45, 2.75) is 45.3 Å². The molecule has 1 unspecified atom stereocenters. The van der Waals surface area contributed by atoms with Crippen molar-refractivity contribution in [3.63, 3.8) is 0 Å². The second-order valence-corrected chi connectivity index (χ2v) is 9.22. The lowest BCUT2D eigenvalue weighted by molar-refractivity contribution is -0.137. The SMILES string of the molecule is Cc1c(C)n(Cc2ccc(C(F)(F)F)cc2)c2c(N3CCCC(c4ccccc4)C3)nccc12. The van der Waals surface area contributed by atoms with Gasteiger partial charge in [-0.1, -0.05) is 42.5 Å². The molecule has 5 rings (SSSR count). The van der Waals surface area contributed by atoms with Crippen LogP contribution in [0.4, 0.5) is 19.0 Å². The van der Waals surface area contributed by atoms with Crippen molar-refractivity contribution in [1.82, 2.24) is 9.55 Å². The average Bonchev–Trinajstić information content (AvgIpc) is 3.09. The summed E-state index contributed by atoms with van der Waals surface area (Å²) >= 11 is 0. The molecule has 2 aromatic carbocycles. The molecule has 4 aromatic rings. The van der Waals surface area contributed by atoms with Crippen LogP contribution in [-0.2, 0) is 12.7 Å². The Bertz CT molecular complexity index is 1290. The summed E-state index contributed by atoms with van der Waals surface area (Å²) in [4.78, 5) is 7.20. The summed E-state index contributed by atoms with van der Waals surface area (Å²) in [6, 6.07) is 18.2. The van der Waals surface area contributed by atoms with Crippen LogP contribution in [-0.4, -0.2) is 22.6 Å². The van der Waals surface area contributed by atoms with Crippen molar-refractivity contribution in [3.05, 3.63) is 94.8 Å². The molecule has 0 radical (unpaired) electrons. The highest BCUT2D eigenvalue weighted by atomic mass is 19.4. The number of benzene rings is 2. The van der Waals surface area contributed by atoms with E-state index in [0.29, 0.717) is 12.5 Å². The third-order valence-corrected chi connectivity index (χ3v) is 7.14. The molecule has 3 nitrogen and oxygen atoms in total. The van der Waals surface area contributed by atoms with Gasteiger partial charge in [-0.3, -0.25) is 0 Å². The average molecular weight is 464 g/mol. The van der Waals surface area contributed by atoms with Crippen LogP contribution in [0, 0.1) is 13.8 Å². The highest BCUT2D eigenvalue weighted by molar-refractivity contribution is 5.93. The van der Waals surface area contributed by atoms with Gasteiger partial charge in [0.15, 0.2) is 5.82 Å². The second-order valence-electron chi connectivity index (χ2n) is 9.22. The molecule has 0 aliphatic carbocycles. The van der Waals surface area contributed by atoms with Crippen molar-refractivity contribution in [3.8, 4) is 0 Å². The third kappa shape index (κ3) is 4.17. The molecule has 6 heteroatoms. The van der Waals surface area contributed by atoms with Crippen LogP contribution in [0.15, 0.2) is 66.9 Å². The fraction of sp³-hybridized carbons (Fsp3) is 0.321. The van der Waals surface area contributed by atoms with E-state index in [1.54, 1.807) is 12.1 Å². The summed E-state index contributed by atoms with van der Waals surface area (Å²) < 4.78 is 41.3. The Morgan fingerprint density at radius 2 is 1.71 bits per heavy atom. The number of anilines is 1. The zero-order chi connectivity index (χ0) is 23.9. The van der Waals surface area contributed by atoms with Gasteiger partial charge in [0.25, 0.3) is 0 Å². The van der Waals surface area contributed by atoms with Crippen LogP contribution in [0.5, 0.6) is 0 Å². The molecular weight excluding hydrogens is 435 g/mol. The Morgan fingerprint density at radius 3 is 2.41 bits per heavy atom. The van der Waals surface area contributed by atoms with Crippen LogP contribution in [0.25, 0.3) is 10.9 Å². The Kier molecular flexibility index (Phi) is 5.84. The number of pyridine rings is 1. The zero-order valence-electron chi connectivity index (χ0n) is 19.4. The number of aromatic nitrogens is 2. The van der Waals surface area contributed by atoms with E-state index < -0.39 is 11.7 Å². The summed E-state index contributed by atoms with van der Waals surface area (Å²) in [5.41, 5.74) is 4.92. The highest BCUT2D eigenvalue weighted by Gasteiger charge is 2.30. The first kappa shape index (κ1) is 22.5. The van der Waals surface area contributed by atoms with Gasteiger partial charge in [0.1, 0.15) is 0 Å². The summed E-state index contributed by atoms with van der Waals surface area (Å²) in [7, 11) is 0. The molecule has 0 N–H and O–H groups in total. The van der Waals surface area contributed by atoms with E-state index >= 15 is 0 Å². The first-order valence-electron chi connectivity index (χ1n) is 11.7. The Balaban J connectivity index is 1.52. The number of fused-ring (bicyclic) bond motifs is 1. The lowest BCUT2D eigenvalue weighted by Crippen LogP contribution is -2.35. The predicted molar refractivity (Wildman–Crippen MR) is 130 cm³/mol. The minimum absolute atomic E-state index is 0.451. The van der Waals surface area contributed by atoms with Crippen LogP contribution < -0.4 is 4.90 Å². The first-order valence-corrected chi connectivity index (χ1v) is 11.7. The maximum absolute atomic E-state index is 13.0. The van der Waals surface area contributed by atoms with Gasteiger partial charge in [-0.2, -0.15) is 13.2 Å². The van der Waals surface area contributed by atoms with Crippen molar-refractivity contribution in [1.29, 1.82) is 0 Å². The summed E-state index contributed by atoms with van der Waals surface area (Å²) in [6.45, 7) is 6.53. The molecule has 176 valence electrons. The standard InChI is InChI=1S/C28H28F3N3/c1-19-20(2)34(17-21-10-12-24(13-11-21)28(29,30)31)26-25(19)14-15-32-27(26)33-16-6-9-23(18-33)22-7-4-3-5-8-22/h3-5,7-8,10-15,23H,6,9,16-18H2,1-2H3. The van der Waals surface area contributed by atoms with Gasteiger partial charge >= 0.3 is 6.18 Å². The molecule has 1 aliphatic rings. The van der Waals surface area contributed by atoms with Crippen LogP contribution in [0.2, 0.25) is 0 Å². The van der Waals surface area contributed by atoms with E-state index in [0.717, 1.165) is 66.0 Å². The molecule has 0 bridgehead atoms. The van der Waals surface area contributed by atoms with E-state index in [1.165, 1.54) is 11.1 Å². The monoisotopic (exact) mass is 463 g/mol. The highest BCUT2D eigenvalue weighted by Crippen LogP contribution is 2.36. The number of hydrogen-bond donors (Lipinski definition) is 0. The maximum Gasteiger partial charge on any atom is 0.416 e. The largest absolute Gasteiger partial charge is 0.416 e. The molecular formula is C28H28F3N3. The lowest BCUT2D eigenvalue weighted by atomic mass is 9.90. The van der Waals surface area contributed by atoms with Gasteiger partial charge in [-0.25, -0.2) is 4.98 Å². The molecule has 1 fully saturated rings. The number of alkyl halides is 3. The maximum atomic E-state index is 13.0. The van der Waals surface area contributed by atoms with Crippen molar-refractivity contribution >= 4 is 16.7 Å². The molecule has 0 amide bonds. The number of halogens is 3. The van der Waals surface area contributed by atoms with Crippen LogP contribution in [0.3, 0.4) is 0 Å². The van der Waals surface area contributed by atoms with Crippen molar-refractivity contribution in [2.24, 2.45) is 0 Å². The normalized spacial score (nSPS) is 16.9. The molecule has 1 atom stereocenters. The Hall–Kier alpha value is -3.28. The molecule has 34 heavy (non-hydrogen) atoms. The van der Waals surface area contributed by atoms with E-state index in [4.69, 9.17) is 4.98 Å². The minimum Gasteiger partial charge on any atom is -0.354 e. The van der Waals surface area contributed by atoms with Gasteiger partial charge in [0, 0.05) is 42.8 Å². The summed E-state index contributed by atoms with van der Waals surface area (Å²) in [6.07, 6.45) is -0.207. The number of hydrogen-bond acceptors (Lipinski definition) is 2. The summed E-state index contributed by atoms with van der Waals surface area (Å²) in [5.74, 6) is 1.41. The first-order chi connectivity index (χ1) is 16.3. The minimum atomic E-state index is -4.33. The fourth-order valence-electron chi connectivity index (χ4n) is 5.15. The van der Waals surface area contributed by atoms with E-state index in [1.807, 2.05) is 18.3 Å². The molecule has 0 saturated carbocycles. The van der Waals surface area contributed by atoms with E-state index in [-0.39, 0.29) is 0 Å². The lowest BCUT2D eigenvalue weighted by Gasteiger charge is -2.34. The van der Waals surface area contributed by atoms with Gasteiger partial charge in [0.05, 0.1) is 11.1 Å². The molecule has 0 spiro atoms. The molecule has 2 aromatic heterocycles. The number of rotatable bonds is 4. The summed E-state index contributed by atoms with van der Waals surface area (Å²) in [5, 5.41) is 1.15. The van der Waals surface area contributed by atoms with Crippen molar-refractivity contribution in [2.75, 3.05) is 18.0 Å². The third-order valence-electron chi connectivity index (χ3n) is 7.14. The number of nitrogens with zero attached hydrogens (tertiary/aromatic N) is 3. The Labute approximate surface area is 197 Å². The Morgan fingerprint density at radius 1 is 0.971 bits per heavy atom. The van der Waals surface area contributed by atoms with Gasteiger partial charge in [-0.05, 0) is 61.6 Å². The molecule has 3 heterocycles. The molecule has 1 saturated heterocycles. The topological polar surface area (TPSA) is 21.1 Å². The number of aryl methyl sites for hydroxylation is 1. The van der Waals surface area contributed by atoms with Crippen LogP contribution >= 0.6 is 0 Å². The van der Waals surface area contributed by atoms with Gasteiger partial charge in [0.2, 0.25) is 0 Å². The van der Waals surface area contributed by atoms with Gasteiger partial charge < -0.3 is 9.47 Å².